The monoisotopic (exact) mass is 413 g/mol. The minimum Gasteiger partial charge on any atom is -0.378 e. The summed E-state index contributed by atoms with van der Waals surface area (Å²) in [7, 11) is 0. The molecule has 0 bridgehead atoms. The predicted molar refractivity (Wildman–Crippen MR) is 121 cm³/mol. The summed E-state index contributed by atoms with van der Waals surface area (Å²) in [5, 5.41) is 4.02. The summed E-state index contributed by atoms with van der Waals surface area (Å²) in [5.74, 6) is -0.0401. The molecule has 30 heavy (non-hydrogen) atoms. The van der Waals surface area contributed by atoms with Gasteiger partial charge in [-0.2, -0.15) is 0 Å². The smallest absolute Gasteiger partial charge is 0.275 e. The molecular weight excluding hydrogens is 394 g/mol. The fourth-order valence-electron chi connectivity index (χ4n) is 4.13. The van der Waals surface area contributed by atoms with Crippen LogP contribution in [0.3, 0.4) is 0 Å². The van der Waals surface area contributed by atoms with Crippen LogP contribution in [0.2, 0.25) is 5.02 Å². The molecule has 0 fully saturated rings. The van der Waals surface area contributed by atoms with Crippen LogP contribution < -0.4 is 10.2 Å². The van der Waals surface area contributed by atoms with Crippen LogP contribution in [0.15, 0.2) is 101 Å². The van der Waals surface area contributed by atoms with E-state index >= 15 is 0 Å². The van der Waals surface area contributed by atoms with Crippen molar-refractivity contribution in [2.45, 2.75) is 6.04 Å². The molecule has 0 saturated carbocycles. The number of anilines is 1. The van der Waals surface area contributed by atoms with E-state index < -0.39 is 0 Å². The average Bonchev–Trinajstić information content (AvgIpc) is 2.93. The summed E-state index contributed by atoms with van der Waals surface area (Å²) in [4.78, 5) is 20.4. The number of aliphatic imine (C=N–C) groups is 1. The summed E-state index contributed by atoms with van der Waals surface area (Å²) in [5.41, 5.74) is 5.25. The zero-order chi connectivity index (χ0) is 20.5. The normalized spacial score (nSPS) is 18.6. The molecule has 0 spiro atoms. The summed E-state index contributed by atoms with van der Waals surface area (Å²) in [6.07, 6.45) is 0. The third-order valence-electron chi connectivity index (χ3n) is 5.44. The lowest BCUT2D eigenvalue weighted by atomic mass is 9.91. The molecule has 3 aromatic carbocycles. The van der Waals surface area contributed by atoms with Gasteiger partial charge in [0.25, 0.3) is 5.91 Å². The molecule has 1 N–H and O–H groups in total. The van der Waals surface area contributed by atoms with Gasteiger partial charge in [0.15, 0.2) is 0 Å². The molecule has 0 aromatic heterocycles. The average molecular weight is 414 g/mol. The minimum atomic E-state index is -0.295. The van der Waals surface area contributed by atoms with Gasteiger partial charge in [0, 0.05) is 28.4 Å². The Morgan fingerprint density at radius 2 is 1.57 bits per heavy atom. The van der Waals surface area contributed by atoms with Crippen molar-refractivity contribution in [3.05, 3.63) is 112 Å². The largest absolute Gasteiger partial charge is 0.378 e. The van der Waals surface area contributed by atoms with E-state index in [1.807, 2.05) is 89.8 Å². The highest BCUT2D eigenvalue weighted by Gasteiger charge is 2.43. The molecule has 0 saturated heterocycles. The molecule has 2 aliphatic heterocycles. The van der Waals surface area contributed by atoms with Crippen molar-refractivity contribution in [1.29, 1.82) is 0 Å². The zero-order valence-corrected chi connectivity index (χ0v) is 17.0. The first-order chi connectivity index (χ1) is 14.7. The van der Waals surface area contributed by atoms with Crippen LogP contribution in [-0.2, 0) is 4.79 Å². The first-order valence-electron chi connectivity index (χ1n) is 9.96. The van der Waals surface area contributed by atoms with E-state index in [-0.39, 0.29) is 11.9 Å². The quantitative estimate of drug-likeness (QED) is 0.671. The molecule has 1 atom stereocenters. The lowest BCUT2D eigenvalue weighted by Gasteiger charge is -2.28. The fraction of sp³-hybridized carbons (Fsp3) is 0.120. The molecule has 5 rings (SSSR count). The van der Waals surface area contributed by atoms with Gasteiger partial charge in [-0.05, 0) is 29.8 Å². The molecule has 0 aliphatic carbocycles. The first kappa shape index (κ1) is 18.6. The van der Waals surface area contributed by atoms with Crippen LogP contribution >= 0.6 is 11.6 Å². The molecule has 4 nitrogen and oxygen atoms in total. The molecular formula is C25H20ClN3O. The second kappa shape index (κ2) is 7.81. The number of hydrogen-bond donors (Lipinski definition) is 1. The van der Waals surface area contributed by atoms with Gasteiger partial charge < -0.3 is 5.32 Å². The summed E-state index contributed by atoms with van der Waals surface area (Å²) < 4.78 is 0. The molecule has 2 heterocycles. The number of carbonyl (C=O) groups is 1. The van der Waals surface area contributed by atoms with E-state index in [1.165, 1.54) is 0 Å². The Hall–Kier alpha value is -3.37. The molecule has 1 unspecified atom stereocenters. The SMILES string of the molecule is O=C1C2=C(C(c3ccccc3)=NCCN2)C(c2ccc(Cl)cc2)N1c1ccccc1. The van der Waals surface area contributed by atoms with Crippen LogP contribution in [0.4, 0.5) is 5.69 Å². The lowest BCUT2D eigenvalue weighted by Crippen LogP contribution is -2.33. The van der Waals surface area contributed by atoms with Crippen molar-refractivity contribution in [1.82, 2.24) is 5.32 Å². The van der Waals surface area contributed by atoms with E-state index in [2.05, 4.69) is 5.32 Å². The number of benzene rings is 3. The fourth-order valence-corrected chi connectivity index (χ4v) is 4.26. The van der Waals surface area contributed by atoms with Crippen molar-refractivity contribution in [2.75, 3.05) is 18.0 Å². The predicted octanol–water partition coefficient (Wildman–Crippen LogP) is 4.77. The number of halogens is 1. The Bertz CT molecular complexity index is 1140. The summed E-state index contributed by atoms with van der Waals surface area (Å²) >= 11 is 6.16. The Balaban J connectivity index is 1.73. The Labute approximate surface area is 180 Å². The van der Waals surface area contributed by atoms with E-state index in [1.54, 1.807) is 0 Å². The van der Waals surface area contributed by atoms with Crippen LogP contribution in [-0.4, -0.2) is 24.7 Å². The molecule has 5 heteroatoms. The highest BCUT2D eigenvalue weighted by molar-refractivity contribution is 6.30. The van der Waals surface area contributed by atoms with E-state index in [4.69, 9.17) is 16.6 Å². The third kappa shape index (κ3) is 3.19. The molecule has 3 aromatic rings. The molecule has 0 radical (unpaired) electrons. The number of carbonyl (C=O) groups excluding carboxylic acids is 1. The maximum atomic E-state index is 13.6. The van der Waals surface area contributed by atoms with Gasteiger partial charge in [-0.1, -0.05) is 72.3 Å². The van der Waals surface area contributed by atoms with Crippen LogP contribution in [0.5, 0.6) is 0 Å². The highest BCUT2D eigenvalue weighted by atomic mass is 35.5. The van der Waals surface area contributed by atoms with Gasteiger partial charge in [-0.15, -0.1) is 0 Å². The number of nitrogens with one attached hydrogen (secondary N) is 1. The van der Waals surface area contributed by atoms with Crippen molar-refractivity contribution in [3.63, 3.8) is 0 Å². The van der Waals surface area contributed by atoms with Gasteiger partial charge in [0.2, 0.25) is 0 Å². The zero-order valence-electron chi connectivity index (χ0n) is 16.3. The standard InChI is InChI=1S/C25H20ClN3O/c26-19-13-11-18(12-14-19)24-21-22(17-7-3-1-4-8-17)27-15-16-28-23(21)25(30)29(24)20-9-5-2-6-10-20/h1-14,24,28H,15-16H2. The van der Waals surface area contributed by atoms with E-state index in [0.717, 1.165) is 28.1 Å². The molecule has 1 amide bonds. The summed E-state index contributed by atoms with van der Waals surface area (Å²) in [6.45, 7) is 1.24. The maximum Gasteiger partial charge on any atom is 0.275 e. The van der Waals surface area contributed by atoms with Gasteiger partial charge >= 0.3 is 0 Å². The highest BCUT2D eigenvalue weighted by Crippen LogP contribution is 2.42. The van der Waals surface area contributed by atoms with Crippen LogP contribution in [0.1, 0.15) is 17.2 Å². The first-order valence-corrected chi connectivity index (χ1v) is 10.3. The second-order valence-corrected chi connectivity index (χ2v) is 7.71. The summed E-state index contributed by atoms with van der Waals surface area (Å²) in [6, 6.07) is 27.3. The van der Waals surface area contributed by atoms with E-state index in [9.17, 15) is 4.79 Å². The Morgan fingerprint density at radius 1 is 0.900 bits per heavy atom. The van der Waals surface area contributed by atoms with Gasteiger partial charge in [-0.25, -0.2) is 0 Å². The maximum absolute atomic E-state index is 13.6. The minimum absolute atomic E-state index is 0.0401. The van der Waals surface area contributed by atoms with Crippen LogP contribution in [0, 0.1) is 0 Å². The van der Waals surface area contributed by atoms with E-state index in [0.29, 0.717) is 23.8 Å². The van der Waals surface area contributed by atoms with Crippen molar-refractivity contribution in [2.24, 2.45) is 4.99 Å². The number of rotatable bonds is 3. The van der Waals surface area contributed by atoms with Gasteiger partial charge in [0.1, 0.15) is 5.70 Å². The molecule has 2 aliphatic rings. The molecule has 148 valence electrons. The number of amides is 1. The lowest BCUT2D eigenvalue weighted by molar-refractivity contribution is -0.115. The third-order valence-corrected chi connectivity index (χ3v) is 5.69. The van der Waals surface area contributed by atoms with Crippen molar-refractivity contribution < 1.29 is 4.79 Å². The number of hydrogen-bond acceptors (Lipinski definition) is 3. The van der Waals surface area contributed by atoms with Gasteiger partial charge in [-0.3, -0.25) is 14.7 Å². The number of nitrogens with zero attached hydrogens (tertiary/aromatic N) is 2. The van der Waals surface area contributed by atoms with Gasteiger partial charge in [0.05, 0.1) is 18.3 Å². The van der Waals surface area contributed by atoms with Crippen molar-refractivity contribution >= 4 is 28.9 Å². The Morgan fingerprint density at radius 3 is 2.27 bits per heavy atom. The van der Waals surface area contributed by atoms with Crippen molar-refractivity contribution in [3.8, 4) is 0 Å². The second-order valence-electron chi connectivity index (χ2n) is 7.28. The van der Waals surface area contributed by atoms with Crippen LogP contribution in [0.25, 0.3) is 0 Å². The topological polar surface area (TPSA) is 44.7 Å². The number of para-hydroxylation sites is 1. The Kier molecular flexibility index (Phi) is 4.85.